The Bertz CT molecular complexity index is 2210. The van der Waals surface area contributed by atoms with Crippen molar-refractivity contribution in [3.8, 4) is 22.8 Å². The van der Waals surface area contributed by atoms with Crippen LogP contribution in [0.5, 0.6) is 0 Å². The molecule has 40 heavy (non-hydrogen) atoms. The lowest BCUT2D eigenvalue weighted by molar-refractivity contribution is 0.940. The van der Waals surface area contributed by atoms with E-state index in [0.717, 1.165) is 22.2 Å². The lowest BCUT2D eigenvalue weighted by Gasteiger charge is -2.09. The van der Waals surface area contributed by atoms with Crippen LogP contribution in [-0.4, -0.2) is 24.1 Å². The number of benzene rings is 5. The summed E-state index contributed by atoms with van der Waals surface area (Å²) in [7, 11) is 0. The summed E-state index contributed by atoms with van der Waals surface area (Å²) in [6, 6.07) is 37.3. The molecule has 8 rings (SSSR count). The highest BCUT2D eigenvalue weighted by molar-refractivity contribution is 6.19. The molecule has 0 fully saturated rings. The van der Waals surface area contributed by atoms with Crippen molar-refractivity contribution in [3.05, 3.63) is 127 Å². The molecule has 0 aliphatic carbocycles. The van der Waals surface area contributed by atoms with Crippen molar-refractivity contribution in [2.24, 2.45) is 0 Å². The molecule has 0 bridgehead atoms. The smallest absolute Gasteiger partial charge is 0.237 e. The first-order chi connectivity index (χ1) is 19.7. The lowest BCUT2D eigenvalue weighted by atomic mass is 10.0. The normalized spacial score (nSPS) is 11.8. The van der Waals surface area contributed by atoms with Gasteiger partial charge in [0, 0.05) is 27.2 Å². The second kappa shape index (κ2) is 8.61. The van der Waals surface area contributed by atoms with Crippen LogP contribution in [0.15, 0.2) is 116 Å². The molecule has 0 N–H and O–H groups in total. The minimum atomic E-state index is 0.607. The molecule has 0 aliphatic rings. The first-order valence-electron chi connectivity index (χ1n) is 13.4. The Balaban J connectivity index is 1.54. The van der Waals surface area contributed by atoms with Gasteiger partial charge in [-0.15, -0.1) is 0 Å². The zero-order chi connectivity index (χ0) is 26.8. The van der Waals surface area contributed by atoms with E-state index in [0.29, 0.717) is 5.95 Å². The summed E-state index contributed by atoms with van der Waals surface area (Å²) in [6.45, 7) is 4.28. The summed E-state index contributed by atoms with van der Waals surface area (Å²) in [5, 5.41) is 4.82. The maximum absolute atomic E-state index is 4.56. The fourth-order valence-corrected chi connectivity index (χ4v) is 5.99. The number of aryl methyl sites for hydroxylation is 2. The fourth-order valence-electron chi connectivity index (χ4n) is 5.99. The summed E-state index contributed by atoms with van der Waals surface area (Å²) in [5.74, 6) is 0.607. The van der Waals surface area contributed by atoms with E-state index in [1.165, 1.54) is 49.3 Å². The van der Waals surface area contributed by atoms with Crippen LogP contribution in [0.3, 0.4) is 0 Å². The van der Waals surface area contributed by atoms with E-state index in [2.05, 4.69) is 141 Å². The van der Waals surface area contributed by atoms with Crippen LogP contribution >= 0.6 is 0 Å². The van der Waals surface area contributed by atoms with Gasteiger partial charge in [0.1, 0.15) is 12.7 Å². The van der Waals surface area contributed by atoms with Crippen molar-refractivity contribution in [2.45, 2.75) is 13.8 Å². The Hall–Kier alpha value is -5.29. The van der Waals surface area contributed by atoms with E-state index in [9.17, 15) is 0 Å². The third-order valence-electron chi connectivity index (χ3n) is 7.89. The van der Waals surface area contributed by atoms with E-state index in [4.69, 9.17) is 0 Å². The molecule has 0 aliphatic heterocycles. The van der Waals surface area contributed by atoms with Gasteiger partial charge in [0.2, 0.25) is 5.95 Å². The van der Waals surface area contributed by atoms with Crippen LogP contribution < -0.4 is 0 Å². The Morgan fingerprint density at radius 1 is 0.475 bits per heavy atom. The molecular formula is C35H25N5. The van der Waals surface area contributed by atoms with Crippen molar-refractivity contribution < 1.29 is 0 Å². The van der Waals surface area contributed by atoms with Gasteiger partial charge >= 0.3 is 0 Å². The summed E-state index contributed by atoms with van der Waals surface area (Å²) in [4.78, 5) is 13.2. The number of nitrogens with zero attached hydrogens (tertiary/aromatic N) is 5. The van der Waals surface area contributed by atoms with Crippen LogP contribution in [0.2, 0.25) is 0 Å². The van der Waals surface area contributed by atoms with Crippen molar-refractivity contribution >= 4 is 43.6 Å². The van der Waals surface area contributed by atoms with E-state index >= 15 is 0 Å². The van der Waals surface area contributed by atoms with Crippen LogP contribution in [0, 0.1) is 13.8 Å². The Morgan fingerprint density at radius 2 is 1.10 bits per heavy atom. The molecule has 8 aromatic rings. The standard InChI is InChI=1S/C35H25N5/c1-22-8-12-26(13-9-22)39-31-14-10-23(2)16-27(31)29-18-30-28-17-25(24-6-4-3-5-7-24)11-15-32(28)40(34(30)19-33(29)39)35-37-20-36-21-38-35/h3-21H,1-2H3. The van der Waals surface area contributed by atoms with Gasteiger partial charge < -0.3 is 4.57 Å². The third-order valence-corrected chi connectivity index (χ3v) is 7.89. The highest BCUT2D eigenvalue weighted by Crippen LogP contribution is 2.40. The summed E-state index contributed by atoms with van der Waals surface area (Å²) < 4.78 is 4.52. The van der Waals surface area contributed by atoms with Crippen LogP contribution in [0.1, 0.15) is 11.1 Å². The summed E-state index contributed by atoms with van der Waals surface area (Å²) in [6.07, 6.45) is 3.12. The molecule has 0 saturated carbocycles. The molecule has 0 spiro atoms. The van der Waals surface area contributed by atoms with Crippen molar-refractivity contribution in [2.75, 3.05) is 0 Å². The minimum absolute atomic E-state index is 0.607. The van der Waals surface area contributed by atoms with Gasteiger partial charge in [0.05, 0.1) is 22.1 Å². The molecule has 5 heteroatoms. The summed E-state index contributed by atoms with van der Waals surface area (Å²) in [5.41, 5.74) is 10.5. The van der Waals surface area contributed by atoms with E-state index in [1.54, 1.807) is 12.7 Å². The minimum Gasteiger partial charge on any atom is -0.309 e. The molecule has 190 valence electrons. The number of hydrogen-bond donors (Lipinski definition) is 0. The summed E-state index contributed by atoms with van der Waals surface area (Å²) >= 11 is 0. The van der Waals surface area contributed by atoms with Gasteiger partial charge in [-0.2, -0.15) is 0 Å². The highest BCUT2D eigenvalue weighted by Gasteiger charge is 2.20. The van der Waals surface area contributed by atoms with Gasteiger partial charge in [-0.25, -0.2) is 15.0 Å². The van der Waals surface area contributed by atoms with Crippen LogP contribution in [0.25, 0.3) is 66.4 Å². The van der Waals surface area contributed by atoms with Gasteiger partial charge in [-0.05, 0) is 73.5 Å². The Labute approximate surface area is 231 Å². The van der Waals surface area contributed by atoms with Gasteiger partial charge in [-0.1, -0.05) is 65.7 Å². The first-order valence-corrected chi connectivity index (χ1v) is 13.4. The van der Waals surface area contributed by atoms with E-state index < -0.39 is 0 Å². The third kappa shape index (κ3) is 3.38. The fraction of sp³-hybridized carbons (Fsp3) is 0.0571. The van der Waals surface area contributed by atoms with Crippen molar-refractivity contribution in [3.63, 3.8) is 0 Å². The number of aromatic nitrogens is 5. The SMILES string of the molecule is Cc1ccc(-n2c3ccc(C)cc3c3cc4c5cc(-c6ccccc6)ccc5n(-c5ncncn5)c4cc32)cc1. The van der Waals surface area contributed by atoms with Crippen LogP contribution in [0.4, 0.5) is 0 Å². The number of fused-ring (bicyclic) bond motifs is 6. The molecule has 0 unspecified atom stereocenters. The highest BCUT2D eigenvalue weighted by atomic mass is 15.2. The molecule has 3 aromatic heterocycles. The molecule has 0 atom stereocenters. The molecule has 0 amide bonds. The van der Waals surface area contributed by atoms with Gasteiger partial charge in [-0.3, -0.25) is 4.57 Å². The molecule has 0 saturated heterocycles. The molecule has 5 aromatic carbocycles. The van der Waals surface area contributed by atoms with Gasteiger partial charge in [0.15, 0.2) is 0 Å². The van der Waals surface area contributed by atoms with E-state index in [-0.39, 0.29) is 0 Å². The molecular weight excluding hydrogens is 490 g/mol. The first kappa shape index (κ1) is 22.7. The maximum Gasteiger partial charge on any atom is 0.237 e. The van der Waals surface area contributed by atoms with Crippen LogP contribution in [-0.2, 0) is 0 Å². The second-order valence-corrected chi connectivity index (χ2v) is 10.4. The second-order valence-electron chi connectivity index (χ2n) is 10.4. The average Bonchev–Trinajstić information content (AvgIpc) is 3.48. The Morgan fingerprint density at radius 3 is 1.88 bits per heavy atom. The monoisotopic (exact) mass is 515 g/mol. The zero-order valence-corrected chi connectivity index (χ0v) is 22.2. The maximum atomic E-state index is 4.56. The van der Waals surface area contributed by atoms with Crippen molar-refractivity contribution in [1.82, 2.24) is 24.1 Å². The molecule has 5 nitrogen and oxygen atoms in total. The zero-order valence-electron chi connectivity index (χ0n) is 22.2. The predicted octanol–water partition coefficient (Wildman–Crippen LogP) is 8.35. The van der Waals surface area contributed by atoms with E-state index in [1.807, 2.05) is 0 Å². The quantitative estimate of drug-likeness (QED) is 0.238. The van der Waals surface area contributed by atoms with Crippen molar-refractivity contribution in [1.29, 1.82) is 0 Å². The van der Waals surface area contributed by atoms with Gasteiger partial charge in [0.25, 0.3) is 0 Å². The number of rotatable bonds is 3. The predicted molar refractivity (Wildman–Crippen MR) is 163 cm³/mol. The Kier molecular flexibility index (Phi) is 4.88. The molecule has 3 heterocycles. The largest absolute Gasteiger partial charge is 0.309 e. The lowest BCUT2D eigenvalue weighted by Crippen LogP contribution is -2.01. The average molecular weight is 516 g/mol. The topological polar surface area (TPSA) is 48.5 Å². The molecule has 0 radical (unpaired) electrons. The number of hydrogen-bond acceptors (Lipinski definition) is 3.